The van der Waals surface area contributed by atoms with E-state index in [0.717, 1.165) is 36.4 Å². The molecule has 2 aromatic heterocycles. The lowest BCUT2D eigenvalue weighted by atomic mass is 10.0. The zero-order valence-corrected chi connectivity index (χ0v) is 19.7. The van der Waals surface area contributed by atoms with Crippen molar-refractivity contribution in [3.8, 4) is 17.7 Å². The van der Waals surface area contributed by atoms with Crippen LogP contribution in [0.5, 0.6) is 11.6 Å². The maximum absolute atomic E-state index is 14.6. The van der Waals surface area contributed by atoms with Crippen molar-refractivity contribution in [1.29, 1.82) is 5.26 Å². The summed E-state index contributed by atoms with van der Waals surface area (Å²) in [5.41, 5.74) is 4.53. The van der Waals surface area contributed by atoms with Crippen molar-refractivity contribution in [1.82, 2.24) is 20.2 Å². The average molecular weight is 478 g/mol. The number of nitrogens with zero attached hydrogens (tertiary/aromatic N) is 4. The van der Waals surface area contributed by atoms with Crippen LogP contribution in [0.3, 0.4) is 0 Å². The van der Waals surface area contributed by atoms with Gasteiger partial charge in [0.25, 0.3) is 0 Å². The summed E-state index contributed by atoms with van der Waals surface area (Å²) < 4.78 is 31.4. The SMILES string of the molecule is COc1ccc2ncc(F)c(CCN3CCO[C@@H](CNCc4cc(C#N)c5c(c4)CCO5)C3)c2n1. The first-order valence-corrected chi connectivity index (χ1v) is 11.9. The van der Waals surface area contributed by atoms with Crippen LogP contribution in [-0.2, 0) is 24.1 Å². The van der Waals surface area contributed by atoms with Crippen molar-refractivity contribution in [3.63, 3.8) is 0 Å². The number of hydrogen-bond donors (Lipinski definition) is 1. The molecule has 9 heteroatoms. The van der Waals surface area contributed by atoms with Crippen LogP contribution < -0.4 is 14.8 Å². The highest BCUT2D eigenvalue weighted by Crippen LogP contribution is 2.30. The Morgan fingerprint density at radius 1 is 1.31 bits per heavy atom. The number of morpholine rings is 1. The number of rotatable bonds is 8. The standard InChI is InChI=1S/C26H28FN5O3/c1-33-24-3-2-23-25(31-24)21(22(27)15-30-23)4-6-32-7-9-34-20(16-32)14-29-13-17-10-18-5-8-35-26(18)19(11-17)12-28/h2-3,10-11,15,20,29H,4-9,13-14,16H2,1H3/t20-/m0/s1. The van der Waals surface area contributed by atoms with Crippen molar-refractivity contribution in [2.24, 2.45) is 0 Å². The van der Waals surface area contributed by atoms with E-state index >= 15 is 0 Å². The van der Waals surface area contributed by atoms with E-state index in [9.17, 15) is 9.65 Å². The number of fused-ring (bicyclic) bond motifs is 2. The maximum Gasteiger partial charge on any atom is 0.213 e. The molecule has 2 aliphatic rings. The van der Waals surface area contributed by atoms with Gasteiger partial charge in [0.15, 0.2) is 0 Å². The minimum absolute atomic E-state index is 0.0363. The van der Waals surface area contributed by atoms with E-state index in [0.29, 0.717) is 67.3 Å². The Balaban J connectivity index is 1.16. The maximum atomic E-state index is 14.6. The number of benzene rings is 1. The molecule has 1 fully saturated rings. The number of nitrogens with one attached hydrogen (secondary N) is 1. The van der Waals surface area contributed by atoms with Crippen molar-refractivity contribution in [3.05, 3.63) is 58.5 Å². The van der Waals surface area contributed by atoms with Gasteiger partial charge in [0.05, 0.1) is 49.2 Å². The molecule has 0 aliphatic carbocycles. The monoisotopic (exact) mass is 477 g/mol. The van der Waals surface area contributed by atoms with Crippen LogP contribution >= 0.6 is 0 Å². The third kappa shape index (κ3) is 5.20. The number of methoxy groups -OCH3 is 1. The zero-order valence-electron chi connectivity index (χ0n) is 19.7. The summed E-state index contributed by atoms with van der Waals surface area (Å²) in [6.45, 7) is 4.87. The fourth-order valence-corrected chi connectivity index (χ4v) is 4.74. The number of halogens is 1. The van der Waals surface area contributed by atoms with Crippen LogP contribution in [0.15, 0.2) is 30.5 Å². The highest BCUT2D eigenvalue weighted by Gasteiger charge is 2.22. The van der Waals surface area contributed by atoms with Gasteiger partial charge in [0, 0.05) is 50.8 Å². The molecular formula is C26H28FN5O3. The van der Waals surface area contributed by atoms with Crippen LogP contribution in [0, 0.1) is 17.1 Å². The Kier molecular flexibility index (Phi) is 7.04. The molecule has 0 spiro atoms. The molecule has 1 atom stereocenters. The van der Waals surface area contributed by atoms with Gasteiger partial charge >= 0.3 is 0 Å². The second kappa shape index (κ2) is 10.5. The van der Waals surface area contributed by atoms with Crippen molar-refractivity contribution >= 4 is 11.0 Å². The zero-order chi connectivity index (χ0) is 24.2. The minimum atomic E-state index is -0.346. The molecule has 0 amide bonds. The van der Waals surface area contributed by atoms with Crippen molar-refractivity contribution in [2.45, 2.75) is 25.5 Å². The Morgan fingerprint density at radius 3 is 3.09 bits per heavy atom. The van der Waals surface area contributed by atoms with Gasteiger partial charge in [0.2, 0.25) is 5.88 Å². The van der Waals surface area contributed by atoms with Gasteiger partial charge in [-0.1, -0.05) is 6.07 Å². The number of ether oxygens (including phenoxy) is 3. The fourth-order valence-electron chi connectivity index (χ4n) is 4.74. The third-order valence-electron chi connectivity index (χ3n) is 6.51. The van der Waals surface area contributed by atoms with E-state index in [1.54, 1.807) is 19.2 Å². The van der Waals surface area contributed by atoms with Crippen LogP contribution in [0.2, 0.25) is 0 Å². The molecule has 1 saturated heterocycles. The summed E-state index contributed by atoms with van der Waals surface area (Å²) in [4.78, 5) is 10.9. The van der Waals surface area contributed by atoms with E-state index in [1.165, 1.54) is 6.20 Å². The quantitative estimate of drug-likeness (QED) is 0.529. The van der Waals surface area contributed by atoms with E-state index in [4.69, 9.17) is 14.2 Å². The largest absolute Gasteiger partial charge is 0.492 e. The van der Waals surface area contributed by atoms with Gasteiger partial charge in [-0.3, -0.25) is 9.88 Å². The molecule has 2 aliphatic heterocycles. The molecule has 4 heterocycles. The second-order valence-electron chi connectivity index (χ2n) is 8.82. The van der Waals surface area contributed by atoms with Crippen LogP contribution in [0.4, 0.5) is 4.39 Å². The molecule has 0 unspecified atom stereocenters. The third-order valence-corrected chi connectivity index (χ3v) is 6.51. The Labute approximate surface area is 203 Å². The number of pyridine rings is 2. The highest BCUT2D eigenvalue weighted by molar-refractivity contribution is 5.78. The normalized spacial score (nSPS) is 17.7. The summed E-state index contributed by atoms with van der Waals surface area (Å²) in [6.07, 6.45) is 2.67. The molecule has 182 valence electrons. The molecule has 8 nitrogen and oxygen atoms in total. The first-order valence-electron chi connectivity index (χ1n) is 11.9. The second-order valence-corrected chi connectivity index (χ2v) is 8.82. The summed E-state index contributed by atoms with van der Waals surface area (Å²) in [5, 5.41) is 12.9. The summed E-state index contributed by atoms with van der Waals surface area (Å²) in [5.74, 6) is 0.831. The smallest absolute Gasteiger partial charge is 0.213 e. The minimum Gasteiger partial charge on any atom is -0.492 e. The van der Waals surface area contributed by atoms with E-state index in [-0.39, 0.29) is 11.9 Å². The fraction of sp³-hybridized carbons (Fsp3) is 0.423. The lowest BCUT2D eigenvalue weighted by molar-refractivity contribution is -0.0267. The molecule has 5 rings (SSSR count). The predicted octanol–water partition coefficient (Wildman–Crippen LogP) is 2.62. The first-order chi connectivity index (χ1) is 17.1. The van der Waals surface area contributed by atoms with Gasteiger partial charge in [0.1, 0.15) is 17.6 Å². The van der Waals surface area contributed by atoms with E-state index < -0.39 is 0 Å². The first kappa shape index (κ1) is 23.4. The van der Waals surface area contributed by atoms with Gasteiger partial charge in [-0.2, -0.15) is 5.26 Å². The van der Waals surface area contributed by atoms with Gasteiger partial charge in [-0.25, -0.2) is 9.37 Å². The number of nitriles is 1. The molecule has 0 bridgehead atoms. The highest BCUT2D eigenvalue weighted by atomic mass is 19.1. The van der Waals surface area contributed by atoms with E-state index in [1.807, 2.05) is 6.07 Å². The molecule has 35 heavy (non-hydrogen) atoms. The lowest BCUT2D eigenvalue weighted by Crippen LogP contribution is -2.47. The molecule has 1 aromatic carbocycles. The van der Waals surface area contributed by atoms with Gasteiger partial charge < -0.3 is 19.5 Å². The molecule has 0 saturated carbocycles. The summed E-state index contributed by atoms with van der Waals surface area (Å²) >= 11 is 0. The van der Waals surface area contributed by atoms with E-state index in [2.05, 4.69) is 32.3 Å². The Bertz CT molecular complexity index is 1260. The van der Waals surface area contributed by atoms with Gasteiger partial charge in [-0.15, -0.1) is 0 Å². The Morgan fingerprint density at radius 2 is 2.23 bits per heavy atom. The number of hydrogen-bond acceptors (Lipinski definition) is 8. The number of aromatic nitrogens is 2. The van der Waals surface area contributed by atoms with Crippen molar-refractivity contribution < 1.29 is 18.6 Å². The summed E-state index contributed by atoms with van der Waals surface area (Å²) in [6, 6.07) is 9.77. The molecule has 0 radical (unpaired) electrons. The van der Waals surface area contributed by atoms with Crippen molar-refractivity contribution in [2.75, 3.05) is 46.5 Å². The van der Waals surface area contributed by atoms with Crippen LogP contribution in [0.1, 0.15) is 22.3 Å². The lowest BCUT2D eigenvalue weighted by Gasteiger charge is -2.33. The molecular weight excluding hydrogens is 449 g/mol. The summed E-state index contributed by atoms with van der Waals surface area (Å²) in [7, 11) is 1.55. The van der Waals surface area contributed by atoms with Crippen LogP contribution in [0.25, 0.3) is 11.0 Å². The Hall–Kier alpha value is -3.32. The average Bonchev–Trinajstić information content (AvgIpc) is 3.36. The predicted molar refractivity (Wildman–Crippen MR) is 128 cm³/mol. The van der Waals surface area contributed by atoms with Gasteiger partial charge in [-0.05, 0) is 29.7 Å². The molecule has 1 N–H and O–H groups in total. The topological polar surface area (TPSA) is 92.5 Å². The van der Waals surface area contributed by atoms with Crippen LogP contribution in [-0.4, -0.2) is 67.5 Å². The molecule has 3 aromatic rings.